The van der Waals surface area contributed by atoms with Crippen molar-refractivity contribution in [3.63, 3.8) is 0 Å². The second kappa shape index (κ2) is 7.97. The van der Waals surface area contributed by atoms with Crippen LogP contribution in [0.5, 0.6) is 5.75 Å². The summed E-state index contributed by atoms with van der Waals surface area (Å²) in [4.78, 5) is 6.38. The summed E-state index contributed by atoms with van der Waals surface area (Å²) in [7, 11) is -0.401. The number of rotatable bonds is 5. The van der Waals surface area contributed by atoms with Crippen LogP contribution < -0.4 is 15.2 Å². The zero-order valence-electron chi connectivity index (χ0n) is 12.6. The number of nitrogens with zero attached hydrogens (tertiary/aromatic N) is 2. The average molecular weight is 440 g/mol. The molecule has 0 aliphatic carbocycles. The highest BCUT2D eigenvalue weighted by Crippen LogP contribution is 2.23. The van der Waals surface area contributed by atoms with E-state index in [1.54, 1.807) is 12.1 Å². The van der Waals surface area contributed by atoms with Gasteiger partial charge in [-0.15, -0.1) is 24.0 Å². The zero-order valence-corrected chi connectivity index (χ0v) is 15.7. The lowest BCUT2D eigenvalue weighted by molar-refractivity contribution is 0.402. The lowest BCUT2D eigenvalue weighted by atomic mass is 10.1. The maximum Gasteiger partial charge on any atom is 0.241 e. The van der Waals surface area contributed by atoms with Crippen LogP contribution in [0.2, 0.25) is 0 Å². The first kappa shape index (κ1) is 19.0. The summed E-state index contributed by atoms with van der Waals surface area (Å²) in [5, 5.41) is 8.43. The van der Waals surface area contributed by atoms with Gasteiger partial charge in [0.1, 0.15) is 10.6 Å². The number of primary sulfonamides is 1. The molecule has 0 radical (unpaired) electrons. The highest BCUT2D eigenvalue weighted by molar-refractivity contribution is 14.0. The lowest BCUT2D eigenvalue weighted by Gasteiger charge is -2.15. The van der Waals surface area contributed by atoms with Gasteiger partial charge in [-0.3, -0.25) is 4.99 Å². The largest absolute Gasteiger partial charge is 0.495 e. The van der Waals surface area contributed by atoms with Gasteiger partial charge in [-0.2, -0.15) is 0 Å². The zero-order chi connectivity index (χ0) is 15.5. The monoisotopic (exact) mass is 440 g/mol. The number of nitrogens with one attached hydrogen (secondary N) is 1. The summed E-state index contributed by atoms with van der Waals surface area (Å²) in [5.74, 6) is 1.13. The van der Waals surface area contributed by atoms with Crippen molar-refractivity contribution < 1.29 is 13.2 Å². The molecule has 7 nitrogen and oxygen atoms in total. The molecule has 0 saturated heterocycles. The van der Waals surface area contributed by atoms with E-state index in [-0.39, 0.29) is 34.6 Å². The van der Waals surface area contributed by atoms with Crippen LogP contribution in [0.25, 0.3) is 0 Å². The van der Waals surface area contributed by atoms with Crippen LogP contribution in [-0.4, -0.2) is 53.1 Å². The van der Waals surface area contributed by atoms with Gasteiger partial charge in [-0.25, -0.2) is 13.6 Å². The van der Waals surface area contributed by atoms with Crippen molar-refractivity contribution in [3.8, 4) is 5.75 Å². The summed E-state index contributed by atoms with van der Waals surface area (Å²) in [6.07, 6.45) is 0.666. The number of benzene rings is 1. The maximum absolute atomic E-state index is 11.5. The molecule has 124 valence electrons. The molecule has 0 atom stereocenters. The third-order valence-electron chi connectivity index (χ3n) is 3.29. The van der Waals surface area contributed by atoms with Crippen LogP contribution in [0.3, 0.4) is 0 Å². The first-order valence-corrected chi connectivity index (χ1v) is 8.15. The van der Waals surface area contributed by atoms with Gasteiger partial charge in [0.2, 0.25) is 10.0 Å². The predicted octanol–water partition coefficient (Wildman–Crippen LogP) is 0.394. The van der Waals surface area contributed by atoms with Gasteiger partial charge in [0.25, 0.3) is 0 Å². The Kier molecular flexibility index (Phi) is 6.88. The predicted molar refractivity (Wildman–Crippen MR) is 96.4 cm³/mol. The minimum atomic E-state index is -3.79. The van der Waals surface area contributed by atoms with E-state index in [1.807, 2.05) is 18.0 Å². The quantitative estimate of drug-likeness (QED) is 0.646. The van der Waals surface area contributed by atoms with Crippen molar-refractivity contribution in [1.82, 2.24) is 10.2 Å². The molecule has 0 amide bonds. The summed E-state index contributed by atoms with van der Waals surface area (Å²) < 4.78 is 28.1. The number of likely N-dealkylation sites (N-methyl/N-ethyl adjacent to an activating group) is 1. The van der Waals surface area contributed by atoms with E-state index >= 15 is 0 Å². The Morgan fingerprint density at radius 1 is 1.45 bits per heavy atom. The van der Waals surface area contributed by atoms with Gasteiger partial charge in [0, 0.05) is 20.1 Å². The fourth-order valence-corrected chi connectivity index (χ4v) is 2.89. The standard InChI is InChI=1S/C13H20N4O3S.HI/c1-17-8-7-16-13(17)15-6-5-10-3-4-11(20-2)12(9-10)21(14,18)19;/h3-4,9H,5-8H2,1-2H3,(H,15,16)(H2,14,18,19);1H. The van der Waals surface area contributed by atoms with Crippen molar-refractivity contribution in [3.05, 3.63) is 23.8 Å². The van der Waals surface area contributed by atoms with Gasteiger partial charge in [0.05, 0.1) is 13.7 Å². The van der Waals surface area contributed by atoms with E-state index in [2.05, 4.69) is 10.3 Å². The summed E-state index contributed by atoms with van der Waals surface area (Å²) in [5.41, 5.74) is 0.869. The fraction of sp³-hybridized carbons (Fsp3) is 0.462. The van der Waals surface area contributed by atoms with Crippen molar-refractivity contribution in [1.29, 1.82) is 0 Å². The molecular weight excluding hydrogens is 419 g/mol. The highest BCUT2D eigenvalue weighted by atomic mass is 127. The van der Waals surface area contributed by atoms with Crippen molar-refractivity contribution >= 4 is 40.0 Å². The van der Waals surface area contributed by atoms with Crippen LogP contribution in [-0.2, 0) is 16.4 Å². The fourth-order valence-electron chi connectivity index (χ4n) is 2.14. The molecule has 1 heterocycles. The molecule has 0 aromatic heterocycles. The van der Waals surface area contributed by atoms with Crippen LogP contribution in [0.15, 0.2) is 28.1 Å². The molecule has 0 spiro atoms. The third kappa shape index (κ3) is 4.71. The van der Waals surface area contributed by atoms with E-state index in [0.29, 0.717) is 13.0 Å². The SMILES string of the molecule is COc1ccc(CCNC2=NCCN2C)cc1S(N)(=O)=O.I. The number of hydrogen-bond donors (Lipinski definition) is 2. The Morgan fingerprint density at radius 2 is 2.18 bits per heavy atom. The van der Waals surface area contributed by atoms with Crippen LogP contribution in [0, 0.1) is 0 Å². The molecule has 0 saturated carbocycles. The van der Waals surface area contributed by atoms with Gasteiger partial charge in [0.15, 0.2) is 5.96 Å². The molecule has 3 N–H and O–H groups in total. The maximum atomic E-state index is 11.5. The number of halogens is 1. The number of methoxy groups -OCH3 is 1. The molecule has 1 aromatic rings. The second-order valence-electron chi connectivity index (χ2n) is 4.83. The second-order valence-corrected chi connectivity index (χ2v) is 6.36. The van der Waals surface area contributed by atoms with E-state index < -0.39 is 10.0 Å². The molecule has 0 bridgehead atoms. The van der Waals surface area contributed by atoms with Crippen LogP contribution in [0.1, 0.15) is 5.56 Å². The molecule has 1 aliphatic rings. The normalized spacial score (nSPS) is 14.3. The molecule has 1 aromatic carbocycles. The van der Waals surface area contributed by atoms with E-state index in [9.17, 15) is 8.42 Å². The first-order valence-electron chi connectivity index (χ1n) is 6.61. The number of nitrogens with two attached hydrogens (primary N) is 1. The van der Waals surface area contributed by atoms with Crippen molar-refractivity contribution in [2.24, 2.45) is 10.1 Å². The lowest BCUT2D eigenvalue weighted by Crippen LogP contribution is -2.36. The van der Waals surface area contributed by atoms with E-state index in [4.69, 9.17) is 9.88 Å². The smallest absolute Gasteiger partial charge is 0.241 e. The molecule has 9 heteroatoms. The first-order chi connectivity index (χ1) is 9.91. The number of guanidine groups is 1. The Bertz CT molecular complexity index is 649. The summed E-state index contributed by atoms with van der Waals surface area (Å²) in [6.45, 7) is 2.39. The summed E-state index contributed by atoms with van der Waals surface area (Å²) in [6, 6.07) is 5.00. The molecule has 22 heavy (non-hydrogen) atoms. The Hall–Kier alpha value is -1.07. The number of ether oxygens (including phenoxy) is 1. The van der Waals surface area contributed by atoms with E-state index in [0.717, 1.165) is 24.6 Å². The molecular formula is C13H21IN4O3S. The number of hydrogen-bond acceptors (Lipinski definition) is 6. The molecule has 2 rings (SSSR count). The topological polar surface area (TPSA) is 97.0 Å². The van der Waals surface area contributed by atoms with E-state index in [1.165, 1.54) is 7.11 Å². The van der Waals surface area contributed by atoms with Gasteiger partial charge < -0.3 is 15.0 Å². The number of aliphatic imine (C=N–C) groups is 1. The number of sulfonamides is 1. The average Bonchev–Trinajstić information content (AvgIpc) is 2.83. The van der Waals surface area contributed by atoms with Crippen LogP contribution in [0.4, 0.5) is 0 Å². The minimum Gasteiger partial charge on any atom is -0.495 e. The highest BCUT2D eigenvalue weighted by Gasteiger charge is 2.16. The molecule has 1 aliphatic heterocycles. The third-order valence-corrected chi connectivity index (χ3v) is 4.22. The minimum absolute atomic E-state index is 0. The Labute approximate surface area is 148 Å². The molecule has 0 unspecified atom stereocenters. The Morgan fingerprint density at radius 3 is 2.73 bits per heavy atom. The van der Waals surface area contributed by atoms with Gasteiger partial charge in [-0.1, -0.05) is 6.07 Å². The van der Waals surface area contributed by atoms with Gasteiger partial charge >= 0.3 is 0 Å². The van der Waals surface area contributed by atoms with Crippen LogP contribution >= 0.6 is 24.0 Å². The summed E-state index contributed by atoms with van der Waals surface area (Å²) >= 11 is 0. The van der Waals surface area contributed by atoms with Crippen molar-refractivity contribution in [2.45, 2.75) is 11.3 Å². The Balaban J connectivity index is 0.00000242. The van der Waals surface area contributed by atoms with Gasteiger partial charge in [-0.05, 0) is 24.1 Å². The van der Waals surface area contributed by atoms with Crippen molar-refractivity contribution in [2.75, 3.05) is 33.8 Å². The molecule has 0 fully saturated rings.